The van der Waals surface area contributed by atoms with Gasteiger partial charge in [0.25, 0.3) is 0 Å². The zero-order chi connectivity index (χ0) is 29.7. The smallest absolute Gasteiger partial charge is 0.336 e. The normalized spacial score (nSPS) is 12.0. The van der Waals surface area contributed by atoms with E-state index in [1.54, 1.807) is 54.2 Å². The van der Waals surface area contributed by atoms with Crippen LogP contribution in [0.1, 0.15) is 49.2 Å². The van der Waals surface area contributed by atoms with E-state index in [1.807, 2.05) is 46.1 Å². The number of ketones is 1. The number of hydrogen-bond donors (Lipinski definition) is 1. The Balaban J connectivity index is 1.93. The molecule has 1 aromatic heterocycles. The molecule has 0 spiro atoms. The minimum atomic E-state index is -1.22. The standard InChI is InChI=1S/C31H32N2O6S2/c1-17(2)38-27-15-19(14-26(37-5)30(27)39-18(3)4)13-23(29(34)20-7-10-22(40-6)11-8-20)28(31(35)36)21-9-12-24-25(16-21)33-41-32-24/h7-12,14-18H,13H2,1-6H3,(H,35,36)/b28-23+. The number of fused-ring (bicyclic) bond motifs is 1. The number of aromatic nitrogens is 2. The number of rotatable bonds is 12. The molecule has 0 atom stereocenters. The number of benzene rings is 3. The van der Waals surface area contributed by atoms with Crippen LogP contribution < -0.4 is 14.2 Å². The topological polar surface area (TPSA) is 108 Å². The second-order valence-electron chi connectivity index (χ2n) is 9.82. The zero-order valence-electron chi connectivity index (χ0n) is 23.8. The van der Waals surface area contributed by atoms with Crippen LogP contribution in [0.4, 0.5) is 0 Å². The molecular weight excluding hydrogens is 560 g/mol. The van der Waals surface area contributed by atoms with Crippen molar-refractivity contribution in [2.24, 2.45) is 0 Å². The monoisotopic (exact) mass is 592 g/mol. The largest absolute Gasteiger partial charge is 0.493 e. The first-order valence-electron chi connectivity index (χ1n) is 13.0. The second-order valence-corrected chi connectivity index (χ2v) is 11.2. The minimum Gasteiger partial charge on any atom is -0.493 e. The van der Waals surface area contributed by atoms with Gasteiger partial charge in [0.2, 0.25) is 5.75 Å². The molecule has 0 saturated carbocycles. The molecule has 214 valence electrons. The van der Waals surface area contributed by atoms with E-state index in [2.05, 4.69) is 8.75 Å². The van der Waals surface area contributed by atoms with Gasteiger partial charge in [-0.05, 0) is 93.6 Å². The van der Waals surface area contributed by atoms with Gasteiger partial charge < -0.3 is 19.3 Å². The van der Waals surface area contributed by atoms with Gasteiger partial charge in [-0.1, -0.05) is 6.07 Å². The summed E-state index contributed by atoms with van der Waals surface area (Å²) in [6, 6.07) is 15.7. The molecule has 0 aliphatic carbocycles. The van der Waals surface area contributed by atoms with E-state index >= 15 is 0 Å². The number of aliphatic carboxylic acids is 1. The second kappa shape index (κ2) is 13.2. The summed E-state index contributed by atoms with van der Waals surface area (Å²) in [6.07, 6.45) is 1.65. The van der Waals surface area contributed by atoms with Crippen LogP contribution in [-0.2, 0) is 11.2 Å². The van der Waals surface area contributed by atoms with Crippen LogP contribution in [0.25, 0.3) is 16.6 Å². The summed E-state index contributed by atoms with van der Waals surface area (Å²) in [6.45, 7) is 7.61. The molecule has 3 aromatic carbocycles. The highest BCUT2D eigenvalue weighted by Gasteiger charge is 2.26. The molecule has 4 rings (SSSR count). The Kier molecular flexibility index (Phi) is 9.67. The van der Waals surface area contributed by atoms with Gasteiger partial charge in [-0.2, -0.15) is 8.75 Å². The van der Waals surface area contributed by atoms with Gasteiger partial charge in [0.15, 0.2) is 17.3 Å². The molecule has 10 heteroatoms. The average Bonchev–Trinajstić information content (AvgIpc) is 3.41. The molecule has 0 radical (unpaired) electrons. The van der Waals surface area contributed by atoms with Gasteiger partial charge in [0.1, 0.15) is 11.0 Å². The predicted octanol–water partition coefficient (Wildman–Crippen LogP) is 6.96. The molecule has 41 heavy (non-hydrogen) atoms. The Morgan fingerprint density at radius 2 is 1.51 bits per heavy atom. The molecular formula is C31H32N2O6S2. The summed E-state index contributed by atoms with van der Waals surface area (Å²) in [5, 5.41) is 10.5. The highest BCUT2D eigenvalue weighted by atomic mass is 32.2. The highest BCUT2D eigenvalue weighted by Crippen LogP contribution is 2.41. The summed E-state index contributed by atoms with van der Waals surface area (Å²) in [4.78, 5) is 27.9. The van der Waals surface area contributed by atoms with Crippen molar-refractivity contribution in [3.05, 3.63) is 76.9 Å². The van der Waals surface area contributed by atoms with E-state index in [-0.39, 0.29) is 35.6 Å². The van der Waals surface area contributed by atoms with E-state index in [0.29, 0.717) is 45.0 Å². The number of carbonyl (C=O) groups excluding carboxylic acids is 1. The maximum Gasteiger partial charge on any atom is 0.336 e. The predicted molar refractivity (Wildman–Crippen MR) is 163 cm³/mol. The lowest BCUT2D eigenvalue weighted by Crippen LogP contribution is -2.15. The lowest BCUT2D eigenvalue weighted by Gasteiger charge is -2.21. The molecule has 1 N–H and O–H groups in total. The number of carbonyl (C=O) groups is 2. The van der Waals surface area contributed by atoms with Gasteiger partial charge in [-0.15, -0.1) is 11.8 Å². The lowest BCUT2D eigenvalue weighted by molar-refractivity contribution is -0.130. The summed E-state index contributed by atoms with van der Waals surface area (Å²) in [7, 11) is 1.53. The van der Waals surface area contributed by atoms with Crippen molar-refractivity contribution in [1.29, 1.82) is 0 Å². The number of methoxy groups -OCH3 is 1. The Bertz CT molecular complexity index is 1590. The van der Waals surface area contributed by atoms with Crippen LogP contribution in [0.2, 0.25) is 0 Å². The number of hydrogen-bond acceptors (Lipinski definition) is 9. The molecule has 0 aliphatic rings. The summed E-state index contributed by atoms with van der Waals surface area (Å²) < 4.78 is 26.2. The van der Waals surface area contributed by atoms with E-state index in [4.69, 9.17) is 14.2 Å². The first-order chi connectivity index (χ1) is 19.6. The fourth-order valence-corrected chi connectivity index (χ4v) is 5.27. The lowest BCUT2D eigenvalue weighted by atomic mass is 9.89. The van der Waals surface area contributed by atoms with Crippen LogP contribution in [0.15, 0.2) is 65.1 Å². The first-order valence-corrected chi connectivity index (χ1v) is 15.0. The van der Waals surface area contributed by atoms with Gasteiger partial charge in [0.05, 0.1) is 36.6 Å². The third kappa shape index (κ3) is 7.07. The maximum atomic E-state index is 14.1. The number of nitrogens with zero attached hydrogens (tertiary/aromatic N) is 2. The number of ether oxygens (including phenoxy) is 3. The van der Waals surface area contributed by atoms with Gasteiger partial charge in [-0.25, -0.2) is 4.79 Å². The highest BCUT2D eigenvalue weighted by molar-refractivity contribution is 7.98. The van der Waals surface area contributed by atoms with Crippen molar-refractivity contribution in [3.63, 3.8) is 0 Å². The maximum absolute atomic E-state index is 14.1. The number of Topliss-reactive ketones (excluding diaryl/α,β-unsaturated/α-hetero) is 1. The van der Waals surface area contributed by atoms with Crippen LogP contribution in [0, 0.1) is 0 Å². The molecule has 0 bridgehead atoms. The van der Waals surface area contributed by atoms with Crippen LogP contribution in [-0.4, -0.2) is 51.2 Å². The SMILES string of the molecule is COc1cc(C/C(C(=O)c2ccc(SC)cc2)=C(\C(=O)O)c2ccc3nsnc3c2)cc(OC(C)C)c1OC(C)C. The van der Waals surface area contributed by atoms with Crippen molar-refractivity contribution in [3.8, 4) is 17.2 Å². The van der Waals surface area contributed by atoms with Crippen molar-refractivity contribution < 1.29 is 28.9 Å². The number of allylic oxidation sites excluding steroid dienone is 1. The summed E-state index contributed by atoms with van der Waals surface area (Å²) >= 11 is 2.60. The molecule has 8 nitrogen and oxygen atoms in total. The van der Waals surface area contributed by atoms with Gasteiger partial charge >= 0.3 is 5.97 Å². The summed E-state index contributed by atoms with van der Waals surface area (Å²) in [5.41, 5.74) is 2.62. The van der Waals surface area contributed by atoms with Crippen LogP contribution in [0.3, 0.4) is 0 Å². The minimum absolute atomic E-state index is 0.00483. The van der Waals surface area contributed by atoms with Gasteiger partial charge in [0, 0.05) is 22.5 Å². The van der Waals surface area contributed by atoms with Gasteiger partial charge in [-0.3, -0.25) is 4.79 Å². The quantitative estimate of drug-likeness (QED) is 0.106. The fraction of sp³-hybridized carbons (Fsp3) is 0.290. The van der Waals surface area contributed by atoms with Crippen molar-refractivity contribution in [2.75, 3.05) is 13.4 Å². The van der Waals surface area contributed by atoms with E-state index in [0.717, 1.165) is 16.6 Å². The fourth-order valence-electron chi connectivity index (χ4n) is 4.35. The van der Waals surface area contributed by atoms with E-state index in [9.17, 15) is 14.7 Å². The molecule has 0 fully saturated rings. The molecule has 0 unspecified atom stereocenters. The summed E-state index contributed by atoms with van der Waals surface area (Å²) in [5.74, 6) is -0.286. The third-order valence-electron chi connectivity index (χ3n) is 6.08. The molecule has 0 aliphatic heterocycles. The molecule has 0 saturated heterocycles. The third-order valence-corrected chi connectivity index (χ3v) is 7.38. The molecule has 1 heterocycles. The van der Waals surface area contributed by atoms with Crippen molar-refractivity contribution in [2.45, 2.75) is 51.2 Å². The zero-order valence-corrected chi connectivity index (χ0v) is 25.4. The van der Waals surface area contributed by atoms with E-state index in [1.165, 1.54) is 7.11 Å². The number of carboxylic acids is 1. The van der Waals surface area contributed by atoms with Crippen LogP contribution in [0.5, 0.6) is 17.2 Å². The molecule has 4 aromatic rings. The Morgan fingerprint density at radius 3 is 2.12 bits per heavy atom. The Hall–Kier alpha value is -3.89. The number of carboxylic acid groups (broad SMARTS) is 1. The average molecular weight is 593 g/mol. The van der Waals surface area contributed by atoms with Crippen molar-refractivity contribution >= 4 is 51.8 Å². The van der Waals surface area contributed by atoms with Crippen LogP contribution >= 0.6 is 23.5 Å². The molecule has 0 amide bonds. The Labute approximate surface area is 247 Å². The van der Waals surface area contributed by atoms with Crippen molar-refractivity contribution in [1.82, 2.24) is 8.75 Å². The van der Waals surface area contributed by atoms with E-state index < -0.39 is 5.97 Å². The first kappa shape index (κ1) is 30.1. The Morgan fingerprint density at radius 1 is 0.878 bits per heavy atom. The number of thioether (sulfide) groups is 1.